The standard InChI is InChI=1S/C15H25NO.C15H25N/c1-9-3-5-12-11-6-4-10(2)15(17)13(11)8-16-14(12)7-9;1-10-3-5-13-12(7-10)9-16-15-8-11(2)4-6-14(13)15/h8-15,17H,3-7H2,1-2H3;9-15H,3-8H2,1-2H3. The number of hydrogen-bond acceptors (Lipinski definition) is 3. The van der Waals surface area contributed by atoms with Gasteiger partial charge in [-0.2, -0.15) is 0 Å². The van der Waals surface area contributed by atoms with Gasteiger partial charge < -0.3 is 5.11 Å². The van der Waals surface area contributed by atoms with E-state index in [4.69, 9.17) is 9.98 Å². The largest absolute Gasteiger partial charge is 0.392 e. The molecule has 3 heteroatoms. The molecule has 0 saturated heterocycles. The Morgan fingerprint density at radius 2 is 1.09 bits per heavy atom. The van der Waals surface area contributed by atoms with Crippen molar-refractivity contribution in [2.75, 3.05) is 0 Å². The molecule has 1 N–H and O–H groups in total. The maximum Gasteiger partial charge on any atom is 0.0645 e. The second kappa shape index (κ2) is 10.1. The average Bonchev–Trinajstić information content (AvgIpc) is 2.81. The van der Waals surface area contributed by atoms with E-state index >= 15 is 0 Å². The van der Waals surface area contributed by atoms with Gasteiger partial charge in [-0.3, -0.25) is 9.98 Å². The molecule has 4 fully saturated rings. The zero-order valence-electron chi connectivity index (χ0n) is 21.8. The molecule has 0 amide bonds. The van der Waals surface area contributed by atoms with E-state index in [0.717, 1.165) is 47.3 Å². The monoisotopic (exact) mass is 454 g/mol. The number of hydrogen-bond donors (Lipinski definition) is 1. The molecule has 0 radical (unpaired) electrons. The van der Waals surface area contributed by atoms with E-state index in [-0.39, 0.29) is 6.10 Å². The van der Waals surface area contributed by atoms with Gasteiger partial charge >= 0.3 is 0 Å². The maximum absolute atomic E-state index is 10.3. The van der Waals surface area contributed by atoms with E-state index in [2.05, 4.69) is 40.1 Å². The van der Waals surface area contributed by atoms with Crippen molar-refractivity contribution in [3.05, 3.63) is 0 Å². The average molecular weight is 455 g/mol. The third-order valence-corrected chi connectivity index (χ3v) is 10.9. The van der Waals surface area contributed by atoms with Gasteiger partial charge in [0.1, 0.15) is 0 Å². The lowest BCUT2D eigenvalue weighted by Crippen LogP contribution is -2.48. The van der Waals surface area contributed by atoms with Gasteiger partial charge in [0.15, 0.2) is 0 Å². The van der Waals surface area contributed by atoms with Gasteiger partial charge in [0.05, 0.1) is 18.2 Å². The van der Waals surface area contributed by atoms with Gasteiger partial charge in [-0.25, -0.2) is 0 Å². The van der Waals surface area contributed by atoms with E-state index in [1.807, 2.05) is 0 Å². The van der Waals surface area contributed by atoms with Crippen LogP contribution in [-0.2, 0) is 0 Å². The molecule has 0 aromatic rings. The predicted molar refractivity (Wildman–Crippen MR) is 139 cm³/mol. The smallest absolute Gasteiger partial charge is 0.0645 e. The molecular weight excluding hydrogens is 404 g/mol. The molecule has 2 aliphatic heterocycles. The van der Waals surface area contributed by atoms with Crippen LogP contribution in [0.1, 0.15) is 98.3 Å². The van der Waals surface area contributed by atoms with Gasteiger partial charge in [-0.05, 0) is 105 Å². The van der Waals surface area contributed by atoms with Crippen molar-refractivity contribution in [3.63, 3.8) is 0 Å². The fourth-order valence-corrected chi connectivity index (χ4v) is 8.82. The Bertz CT molecular complexity index is 690. The topological polar surface area (TPSA) is 45.0 Å². The minimum atomic E-state index is -0.141. The van der Waals surface area contributed by atoms with Crippen molar-refractivity contribution in [2.45, 2.75) is 117 Å². The van der Waals surface area contributed by atoms with Crippen LogP contribution in [0.4, 0.5) is 0 Å². The van der Waals surface area contributed by atoms with Crippen molar-refractivity contribution in [2.24, 2.45) is 69.2 Å². The maximum atomic E-state index is 10.3. The molecule has 3 nitrogen and oxygen atoms in total. The molecule has 4 saturated carbocycles. The van der Waals surface area contributed by atoms with Crippen molar-refractivity contribution >= 4 is 12.4 Å². The van der Waals surface area contributed by atoms with Gasteiger partial charge in [-0.1, -0.05) is 47.0 Å². The van der Waals surface area contributed by atoms with Crippen LogP contribution in [0.25, 0.3) is 0 Å². The van der Waals surface area contributed by atoms with Crippen LogP contribution in [0.5, 0.6) is 0 Å². The number of aliphatic hydroxyl groups is 1. The normalized spacial score (nSPS) is 52.9. The Labute approximate surface area is 203 Å². The Hall–Kier alpha value is -0.700. The van der Waals surface area contributed by atoms with Crippen molar-refractivity contribution < 1.29 is 5.11 Å². The summed E-state index contributed by atoms with van der Waals surface area (Å²) < 4.78 is 0. The molecule has 0 aromatic heterocycles. The van der Waals surface area contributed by atoms with E-state index in [1.165, 1.54) is 70.6 Å². The van der Waals surface area contributed by atoms with E-state index < -0.39 is 0 Å². The van der Waals surface area contributed by atoms with Crippen LogP contribution in [0, 0.1) is 59.2 Å². The molecule has 0 bridgehead atoms. The first-order chi connectivity index (χ1) is 15.9. The molecular formula is C30H50N2O. The third-order valence-electron chi connectivity index (χ3n) is 10.9. The number of aliphatic hydroxyl groups excluding tert-OH is 1. The van der Waals surface area contributed by atoms with E-state index in [9.17, 15) is 5.11 Å². The fraction of sp³-hybridized carbons (Fsp3) is 0.933. The van der Waals surface area contributed by atoms with Crippen LogP contribution >= 0.6 is 0 Å². The van der Waals surface area contributed by atoms with Crippen molar-refractivity contribution in [1.82, 2.24) is 0 Å². The van der Waals surface area contributed by atoms with Crippen molar-refractivity contribution in [1.29, 1.82) is 0 Å². The SMILES string of the molecule is CC1CCC2C(C1)N=CC1C(O)C(C)CCC12.CC1CCC2C(C=NC3CC(C)CCC32)C1. The zero-order valence-corrected chi connectivity index (χ0v) is 21.8. The Morgan fingerprint density at radius 3 is 1.76 bits per heavy atom. The Morgan fingerprint density at radius 1 is 0.576 bits per heavy atom. The number of rotatable bonds is 0. The minimum absolute atomic E-state index is 0.141. The van der Waals surface area contributed by atoms with Crippen LogP contribution in [0.2, 0.25) is 0 Å². The summed E-state index contributed by atoms with van der Waals surface area (Å²) in [5.41, 5.74) is 0. The van der Waals surface area contributed by atoms with E-state index in [0.29, 0.717) is 23.9 Å². The molecule has 13 atom stereocenters. The lowest BCUT2D eigenvalue weighted by molar-refractivity contribution is -0.0117. The van der Waals surface area contributed by atoms with Gasteiger partial charge in [0.25, 0.3) is 0 Å². The summed E-state index contributed by atoms with van der Waals surface area (Å²) in [5.74, 6) is 7.76. The molecule has 6 rings (SSSR count). The van der Waals surface area contributed by atoms with Crippen molar-refractivity contribution in [3.8, 4) is 0 Å². The Kier molecular flexibility index (Phi) is 7.36. The van der Waals surface area contributed by atoms with Crippen LogP contribution in [0.3, 0.4) is 0 Å². The summed E-state index contributed by atoms with van der Waals surface area (Å²) in [6.45, 7) is 9.36. The number of aliphatic imine (C=N–C) groups is 2. The van der Waals surface area contributed by atoms with Gasteiger partial charge in [-0.15, -0.1) is 0 Å². The second-order valence-electron chi connectivity index (χ2n) is 13.4. The highest BCUT2D eigenvalue weighted by molar-refractivity contribution is 5.64. The first-order valence-electron chi connectivity index (χ1n) is 14.6. The highest BCUT2D eigenvalue weighted by Crippen LogP contribution is 2.48. The molecule has 13 unspecified atom stereocenters. The lowest BCUT2D eigenvalue weighted by atomic mass is 9.61. The molecule has 186 valence electrons. The molecule has 6 aliphatic rings. The lowest BCUT2D eigenvalue weighted by Gasteiger charge is -2.48. The van der Waals surface area contributed by atoms with Crippen LogP contribution < -0.4 is 0 Å². The second-order valence-corrected chi connectivity index (χ2v) is 13.4. The first-order valence-corrected chi connectivity index (χ1v) is 14.6. The molecule has 4 aliphatic carbocycles. The first kappa shape index (κ1) is 24.0. The quantitative estimate of drug-likeness (QED) is 0.428. The predicted octanol–water partition coefficient (Wildman–Crippen LogP) is 6.83. The van der Waals surface area contributed by atoms with Gasteiger partial charge in [0, 0.05) is 18.3 Å². The van der Waals surface area contributed by atoms with Gasteiger partial charge in [0.2, 0.25) is 0 Å². The fourth-order valence-electron chi connectivity index (χ4n) is 8.82. The number of fused-ring (bicyclic) bond motifs is 6. The summed E-state index contributed by atoms with van der Waals surface area (Å²) in [4.78, 5) is 9.68. The van der Waals surface area contributed by atoms with Crippen LogP contribution in [0.15, 0.2) is 9.98 Å². The number of nitrogens with zero attached hydrogens (tertiary/aromatic N) is 2. The highest BCUT2D eigenvalue weighted by atomic mass is 16.3. The molecule has 33 heavy (non-hydrogen) atoms. The highest BCUT2D eigenvalue weighted by Gasteiger charge is 2.45. The summed E-state index contributed by atoms with van der Waals surface area (Å²) in [6.07, 6.45) is 19.4. The summed E-state index contributed by atoms with van der Waals surface area (Å²) >= 11 is 0. The van der Waals surface area contributed by atoms with E-state index in [1.54, 1.807) is 0 Å². The van der Waals surface area contributed by atoms with Crippen LogP contribution in [-0.4, -0.2) is 35.7 Å². The minimum Gasteiger partial charge on any atom is -0.392 e. The molecule has 2 heterocycles. The molecule has 0 spiro atoms. The zero-order chi connectivity index (χ0) is 23.1. The third kappa shape index (κ3) is 5.00. The molecule has 0 aromatic carbocycles. The Balaban J connectivity index is 0.000000139. The summed E-state index contributed by atoms with van der Waals surface area (Å²) in [7, 11) is 0. The summed E-state index contributed by atoms with van der Waals surface area (Å²) in [6, 6.07) is 1.26. The summed E-state index contributed by atoms with van der Waals surface area (Å²) in [5, 5.41) is 10.3.